The van der Waals surface area contributed by atoms with Crippen molar-refractivity contribution in [2.45, 2.75) is 12.2 Å². The predicted octanol–water partition coefficient (Wildman–Crippen LogP) is 3.81. The standard InChI is InChI=1S/C14H13Cl2N3OS/c1-7-11-13(12-8(15)4-3-5-9(12)16)21-6-10(20)17-14(11)19(2)18-7/h3-5,13H,6H2,1-2H3,(H,17,20). The molecule has 1 unspecified atom stereocenters. The topological polar surface area (TPSA) is 46.9 Å². The zero-order chi connectivity index (χ0) is 15.1. The number of aryl methyl sites for hydroxylation is 2. The van der Waals surface area contributed by atoms with Gasteiger partial charge in [0.1, 0.15) is 5.82 Å². The molecule has 3 rings (SSSR count). The molecule has 4 nitrogen and oxygen atoms in total. The van der Waals surface area contributed by atoms with Crippen molar-refractivity contribution in [1.29, 1.82) is 0 Å². The number of nitrogens with one attached hydrogen (secondary N) is 1. The summed E-state index contributed by atoms with van der Waals surface area (Å²) in [6.07, 6.45) is 0. The second-order valence-electron chi connectivity index (χ2n) is 4.85. The number of hydrogen-bond acceptors (Lipinski definition) is 3. The van der Waals surface area contributed by atoms with E-state index in [1.807, 2.05) is 32.2 Å². The van der Waals surface area contributed by atoms with E-state index in [1.54, 1.807) is 4.68 Å². The van der Waals surface area contributed by atoms with Gasteiger partial charge in [0.2, 0.25) is 5.91 Å². The number of aromatic nitrogens is 2. The third-order valence-electron chi connectivity index (χ3n) is 3.43. The number of amides is 1. The fourth-order valence-electron chi connectivity index (χ4n) is 2.54. The molecule has 0 saturated carbocycles. The molecule has 2 aromatic rings. The van der Waals surface area contributed by atoms with Crippen LogP contribution >= 0.6 is 35.0 Å². The van der Waals surface area contributed by atoms with Crippen LogP contribution in [0.5, 0.6) is 0 Å². The van der Waals surface area contributed by atoms with E-state index in [0.29, 0.717) is 21.6 Å². The monoisotopic (exact) mass is 341 g/mol. The van der Waals surface area contributed by atoms with Crippen molar-refractivity contribution in [3.63, 3.8) is 0 Å². The summed E-state index contributed by atoms with van der Waals surface area (Å²) in [6, 6.07) is 5.44. The third kappa shape index (κ3) is 2.54. The van der Waals surface area contributed by atoms with E-state index in [1.165, 1.54) is 11.8 Å². The van der Waals surface area contributed by atoms with Gasteiger partial charge in [-0.2, -0.15) is 5.10 Å². The molecule has 1 N–H and O–H groups in total. The first-order chi connectivity index (χ1) is 9.99. The van der Waals surface area contributed by atoms with Crippen molar-refractivity contribution in [3.05, 3.63) is 45.1 Å². The maximum atomic E-state index is 11.9. The molecular formula is C14H13Cl2N3OS. The Kier molecular flexibility index (Phi) is 3.90. The fourth-order valence-corrected chi connectivity index (χ4v) is 4.54. The molecule has 0 saturated heterocycles. The van der Waals surface area contributed by atoms with Gasteiger partial charge in [0.05, 0.1) is 16.7 Å². The van der Waals surface area contributed by atoms with Gasteiger partial charge in [0.25, 0.3) is 0 Å². The Hall–Kier alpha value is -1.17. The number of nitrogens with zero attached hydrogens (tertiary/aromatic N) is 2. The number of carbonyl (C=O) groups is 1. The zero-order valence-electron chi connectivity index (χ0n) is 11.5. The lowest BCUT2D eigenvalue weighted by Crippen LogP contribution is -2.15. The minimum atomic E-state index is -0.117. The van der Waals surface area contributed by atoms with Gasteiger partial charge in [-0.1, -0.05) is 29.3 Å². The lowest BCUT2D eigenvalue weighted by molar-refractivity contribution is -0.113. The van der Waals surface area contributed by atoms with E-state index in [4.69, 9.17) is 23.2 Å². The largest absolute Gasteiger partial charge is 0.310 e. The summed E-state index contributed by atoms with van der Waals surface area (Å²) in [7, 11) is 1.81. The van der Waals surface area contributed by atoms with Gasteiger partial charge in [0.15, 0.2) is 0 Å². The molecule has 1 atom stereocenters. The first-order valence-electron chi connectivity index (χ1n) is 6.38. The number of halogens is 2. The molecule has 1 aliphatic rings. The van der Waals surface area contributed by atoms with Gasteiger partial charge >= 0.3 is 0 Å². The molecule has 0 radical (unpaired) electrons. The summed E-state index contributed by atoms with van der Waals surface area (Å²) in [5.74, 6) is 1.01. The Morgan fingerprint density at radius 1 is 1.33 bits per heavy atom. The van der Waals surface area contributed by atoms with Crippen molar-refractivity contribution in [1.82, 2.24) is 9.78 Å². The quantitative estimate of drug-likeness (QED) is 0.857. The van der Waals surface area contributed by atoms with Gasteiger partial charge in [-0.05, 0) is 19.1 Å². The molecule has 1 aromatic carbocycles. The van der Waals surface area contributed by atoms with Crippen molar-refractivity contribution in [2.75, 3.05) is 11.1 Å². The Bertz CT molecular complexity index is 709. The molecule has 7 heteroatoms. The van der Waals surface area contributed by atoms with Crippen LogP contribution in [0.25, 0.3) is 0 Å². The lowest BCUT2D eigenvalue weighted by Gasteiger charge is -2.18. The maximum absolute atomic E-state index is 11.9. The minimum Gasteiger partial charge on any atom is -0.310 e. The molecule has 1 amide bonds. The van der Waals surface area contributed by atoms with Crippen LogP contribution in [0.3, 0.4) is 0 Å². The highest BCUT2D eigenvalue weighted by atomic mass is 35.5. The Morgan fingerprint density at radius 2 is 2.00 bits per heavy atom. The van der Waals surface area contributed by atoms with Crippen LogP contribution in [0.2, 0.25) is 10.0 Å². The second kappa shape index (κ2) is 5.55. The predicted molar refractivity (Wildman–Crippen MR) is 87.3 cm³/mol. The Labute approximate surface area is 136 Å². The highest BCUT2D eigenvalue weighted by Crippen LogP contribution is 2.47. The van der Waals surface area contributed by atoms with Crippen LogP contribution in [-0.2, 0) is 11.8 Å². The van der Waals surface area contributed by atoms with Gasteiger partial charge in [-0.25, -0.2) is 0 Å². The van der Waals surface area contributed by atoms with Crippen LogP contribution in [0, 0.1) is 6.92 Å². The van der Waals surface area contributed by atoms with Gasteiger partial charge in [-0.3, -0.25) is 9.48 Å². The average Bonchev–Trinajstić information content (AvgIpc) is 2.59. The molecule has 0 spiro atoms. The highest BCUT2D eigenvalue weighted by molar-refractivity contribution is 8.00. The molecular weight excluding hydrogens is 329 g/mol. The normalized spacial score (nSPS) is 18.1. The van der Waals surface area contributed by atoms with E-state index in [0.717, 1.165) is 16.8 Å². The molecule has 1 aliphatic heterocycles. The summed E-state index contributed by atoms with van der Waals surface area (Å²) in [6.45, 7) is 1.93. The van der Waals surface area contributed by atoms with E-state index >= 15 is 0 Å². The second-order valence-corrected chi connectivity index (χ2v) is 6.75. The smallest absolute Gasteiger partial charge is 0.235 e. The molecule has 0 aliphatic carbocycles. The van der Waals surface area contributed by atoms with Crippen molar-refractivity contribution < 1.29 is 4.79 Å². The number of anilines is 1. The summed E-state index contributed by atoms with van der Waals surface area (Å²) < 4.78 is 1.69. The summed E-state index contributed by atoms with van der Waals surface area (Å²) in [5.41, 5.74) is 2.66. The Balaban J connectivity index is 2.22. The highest BCUT2D eigenvalue weighted by Gasteiger charge is 2.31. The molecule has 1 aromatic heterocycles. The van der Waals surface area contributed by atoms with Crippen LogP contribution in [0.15, 0.2) is 18.2 Å². The number of carbonyl (C=O) groups excluding carboxylic acids is 1. The van der Waals surface area contributed by atoms with Gasteiger partial charge < -0.3 is 5.32 Å². The van der Waals surface area contributed by atoms with E-state index < -0.39 is 0 Å². The number of benzene rings is 1. The lowest BCUT2D eigenvalue weighted by atomic mass is 10.0. The number of rotatable bonds is 1. The van der Waals surface area contributed by atoms with Crippen molar-refractivity contribution in [3.8, 4) is 0 Å². The first-order valence-corrected chi connectivity index (χ1v) is 8.18. The summed E-state index contributed by atoms with van der Waals surface area (Å²) >= 11 is 14.2. The molecule has 0 bridgehead atoms. The summed E-state index contributed by atoms with van der Waals surface area (Å²) in [4.78, 5) is 11.9. The summed E-state index contributed by atoms with van der Waals surface area (Å²) in [5, 5.41) is 8.40. The first kappa shape index (κ1) is 14.8. The maximum Gasteiger partial charge on any atom is 0.235 e. The van der Waals surface area contributed by atoms with Crippen LogP contribution < -0.4 is 5.32 Å². The van der Waals surface area contributed by atoms with Crippen LogP contribution in [0.4, 0.5) is 5.82 Å². The van der Waals surface area contributed by atoms with Crippen LogP contribution in [0.1, 0.15) is 22.1 Å². The molecule has 0 fully saturated rings. The SMILES string of the molecule is Cc1nn(C)c2c1C(c1c(Cl)cccc1Cl)SCC(=O)N2. The van der Waals surface area contributed by atoms with Gasteiger partial charge in [-0.15, -0.1) is 11.8 Å². The average molecular weight is 342 g/mol. The number of thioether (sulfide) groups is 1. The fraction of sp³-hybridized carbons (Fsp3) is 0.286. The Morgan fingerprint density at radius 3 is 2.67 bits per heavy atom. The molecule has 110 valence electrons. The van der Waals surface area contributed by atoms with E-state index in [2.05, 4.69) is 10.4 Å². The zero-order valence-corrected chi connectivity index (χ0v) is 13.8. The van der Waals surface area contributed by atoms with Gasteiger partial charge in [0, 0.05) is 28.2 Å². The number of hydrogen-bond donors (Lipinski definition) is 1. The number of fused-ring (bicyclic) bond motifs is 1. The minimum absolute atomic E-state index is 0.0464. The van der Waals surface area contributed by atoms with Crippen molar-refractivity contribution >= 4 is 46.7 Å². The van der Waals surface area contributed by atoms with E-state index in [-0.39, 0.29) is 11.2 Å². The molecule has 2 heterocycles. The van der Waals surface area contributed by atoms with Crippen molar-refractivity contribution in [2.24, 2.45) is 7.05 Å². The van der Waals surface area contributed by atoms with E-state index in [9.17, 15) is 4.79 Å². The molecule has 21 heavy (non-hydrogen) atoms. The third-order valence-corrected chi connectivity index (χ3v) is 5.32. The van der Waals surface area contributed by atoms with Crippen LogP contribution in [-0.4, -0.2) is 21.4 Å².